The van der Waals surface area contributed by atoms with Gasteiger partial charge in [-0.25, -0.2) is 0 Å². The summed E-state index contributed by atoms with van der Waals surface area (Å²) in [6.07, 6.45) is -4.78. The zero-order valence-corrected chi connectivity index (χ0v) is 13.2. The molecule has 1 aliphatic heterocycles. The Kier molecular flexibility index (Phi) is 5.19. The van der Waals surface area contributed by atoms with E-state index in [1.165, 1.54) is 12.1 Å². The van der Waals surface area contributed by atoms with E-state index in [1.54, 1.807) is 12.1 Å². The van der Waals surface area contributed by atoms with Gasteiger partial charge in [0.1, 0.15) is 5.75 Å². The normalized spacial score (nSPS) is 19.0. The summed E-state index contributed by atoms with van der Waals surface area (Å²) in [5.74, 6) is 0.0391. The Labute approximate surface area is 133 Å². The highest BCUT2D eigenvalue weighted by Crippen LogP contribution is 2.30. The fraction of sp³-hybridized carbons (Fsp3) is 0.562. The summed E-state index contributed by atoms with van der Waals surface area (Å²) in [6.45, 7) is 4.47. The highest BCUT2D eigenvalue weighted by Gasteiger charge is 2.38. The van der Waals surface area contributed by atoms with Gasteiger partial charge in [-0.05, 0) is 57.1 Å². The molecule has 1 aromatic carbocycles. The number of carbonyl (C=O) groups excluding carboxylic acids is 1. The summed E-state index contributed by atoms with van der Waals surface area (Å²) in [7, 11) is 0. The van der Waals surface area contributed by atoms with E-state index in [0.29, 0.717) is 5.69 Å². The molecule has 4 nitrogen and oxygen atoms in total. The summed E-state index contributed by atoms with van der Waals surface area (Å²) in [4.78, 5) is 12.4. The number of alkyl halides is 3. The lowest BCUT2D eigenvalue weighted by Gasteiger charge is -2.32. The zero-order chi connectivity index (χ0) is 17.1. The van der Waals surface area contributed by atoms with E-state index in [2.05, 4.69) is 10.6 Å². The highest BCUT2D eigenvalue weighted by atomic mass is 19.4. The van der Waals surface area contributed by atoms with Crippen molar-refractivity contribution < 1.29 is 22.7 Å². The average molecular weight is 330 g/mol. The number of piperidine rings is 1. The van der Waals surface area contributed by atoms with Crippen LogP contribution in [0.4, 0.5) is 18.9 Å². The van der Waals surface area contributed by atoms with Crippen LogP contribution in [0.1, 0.15) is 26.7 Å². The van der Waals surface area contributed by atoms with Crippen LogP contribution < -0.4 is 15.4 Å². The number of rotatable bonds is 4. The van der Waals surface area contributed by atoms with Gasteiger partial charge in [-0.15, -0.1) is 0 Å². The Hall–Kier alpha value is -1.76. The topological polar surface area (TPSA) is 50.4 Å². The molecule has 23 heavy (non-hydrogen) atoms. The molecule has 1 aliphatic rings. The van der Waals surface area contributed by atoms with Gasteiger partial charge in [-0.3, -0.25) is 4.79 Å². The van der Waals surface area contributed by atoms with Gasteiger partial charge < -0.3 is 15.4 Å². The minimum Gasteiger partial charge on any atom is -0.481 e. The molecule has 1 fully saturated rings. The molecular formula is C16H21F3N2O2. The predicted molar refractivity (Wildman–Crippen MR) is 81.4 cm³/mol. The molecular weight excluding hydrogens is 309 g/mol. The van der Waals surface area contributed by atoms with Crippen LogP contribution in [-0.2, 0) is 4.79 Å². The van der Waals surface area contributed by atoms with Crippen molar-refractivity contribution in [2.75, 3.05) is 18.4 Å². The van der Waals surface area contributed by atoms with E-state index in [4.69, 9.17) is 4.74 Å². The Morgan fingerprint density at radius 3 is 2.35 bits per heavy atom. The lowest BCUT2D eigenvalue weighted by molar-refractivity contribution is -0.189. The molecule has 1 atom stereocenters. The Morgan fingerprint density at radius 1 is 1.26 bits per heavy atom. The molecule has 0 bridgehead atoms. The van der Waals surface area contributed by atoms with Gasteiger partial charge >= 0.3 is 6.18 Å². The van der Waals surface area contributed by atoms with Crippen molar-refractivity contribution in [1.82, 2.24) is 5.32 Å². The first-order chi connectivity index (χ1) is 10.7. The van der Waals surface area contributed by atoms with Gasteiger partial charge in [-0.1, -0.05) is 6.92 Å². The number of benzene rings is 1. The van der Waals surface area contributed by atoms with Gasteiger partial charge in [0.25, 0.3) is 0 Å². The second-order valence-electron chi connectivity index (χ2n) is 6.09. The number of nitrogens with one attached hydrogen (secondary N) is 2. The van der Waals surface area contributed by atoms with Crippen LogP contribution in [0.5, 0.6) is 5.75 Å². The second-order valence-corrected chi connectivity index (χ2v) is 6.09. The number of amides is 1. The van der Waals surface area contributed by atoms with Crippen LogP contribution in [-0.4, -0.2) is 31.3 Å². The summed E-state index contributed by atoms with van der Waals surface area (Å²) >= 11 is 0. The van der Waals surface area contributed by atoms with Crippen molar-refractivity contribution in [3.63, 3.8) is 0 Å². The molecule has 0 saturated carbocycles. The van der Waals surface area contributed by atoms with Crippen molar-refractivity contribution in [2.24, 2.45) is 5.41 Å². The van der Waals surface area contributed by atoms with Crippen molar-refractivity contribution >= 4 is 11.6 Å². The second kappa shape index (κ2) is 6.78. The maximum atomic E-state index is 12.4. The number of halogens is 3. The summed E-state index contributed by atoms with van der Waals surface area (Å²) in [6, 6.07) is 5.92. The fourth-order valence-corrected chi connectivity index (χ4v) is 2.38. The molecule has 0 spiro atoms. The summed E-state index contributed by atoms with van der Waals surface area (Å²) < 4.78 is 42.2. The molecule has 0 aromatic heterocycles. The van der Waals surface area contributed by atoms with Gasteiger partial charge in [0.05, 0.1) is 0 Å². The molecule has 1 heterocycles. The van der Waals surface area contributed by atoms with Gasteiger partial charge in [-0.2, -0.15) is 13.2 Å². The molecule has 7 heteroatoms. The molecule has 1 saturated heterocycles. The first-order valence-corrected chi connectivity index (χ1v) is 7.56. The van der Waals surface area contributed by atoms with Crippen LogP contribution in [0.15, 0.2) is 24.3 Å². The van der Waals surface area contributed by atoms with E-state index in [1.807, 2.05) is 6.92 Å². The Balaban J connectivity index is 1.96. The van der Waals surface area contributed by atoms with Crippen LogP contribution >= 0.6 is 0 Å². The molecule has 0 aliphatic carbocycles. The number of hydrogen-bond donors (Lipinski definition) is 2. The molecule has 2 rings (SSSR count). The zero-order valence-electron chi connectivity index (χ0n) is 13.2. The third kappa shape index (κ3) is 4.60. The smallest absolute Gasteiger partial charge is 0.425 e. The van der Waals surface area contributed by atoms with Crippen LogP contribution in [0, 0.1) is 5.41 Å². The average Bonchev–Trinajstić information content (AvgIpc) is 2.49. The highest BCUT2D eigenvalue weighted by molar-refractivity contribution is 5.95. The molecule has 1 aromatic rings. The molecule has 1 amide bonds. The number of ether oxygens (including phenoxy) is 1. The van der Waals surface area contributed by atoms with Gasteiger partial charge in [0.2, 0.25) is 5.91 Å². The lowest BCUT2D eigenvalue weighted by Crippen LogP contribution is -2.42. The standard InChI is InChI=1S/C16H21F3N2O2/c1-11(16(17,18)19)23-13-5-3-12(4-6-13)21-14(22)15(2)7-9-20-10-8-15/h3-6,11,20H,7-10H2,1-2H3,(H,21,22). The monoisotopic (exact) mass is 330 g/mol. The third-order valence-electron chi connectivity index (χ3n) is 4.14. The van der Waals surface area contributed by atoms with Crippen molar-refractivity contribution in [2.45, 2.75) is 39.0 Å². The van der Waals surface area contributed by atoms with Crippen molar-refractivity contribution in [3.8, 4) is 5.75 Å². The van der Waals surface area contributed by atoms with Crippen molar-refractivity contribution in [1.29, 1.82) is 0 Å². The van der Waals surface area contributed by atoms with Gasteiger partial charge in [0, 0.05) is 11.1 Å². The van der Waals surface area contributed by atoms with Crippen molar-refractivity contribution in [3.05, 3.63) is 24.3 Å². The largest absolute Gasteiger partial charge is 0.481 e. The summed E-state index contributed by atoms with van der Waals surface area (Å²) in [5.41, 5.74) is 0.118. The third-order valence-corrected chi connectivity index (χ3v) is 4.14. The molecule has 0 radical (unpaired) electrons. The quantitative estimate of drug-likeness (QED) is 0.890. The molecule has 128 valence electrons. The SMILES string of the molecule is CC(Oc1ccc(NC(=O)C2(C)CCNCC2)cc1)C(F)(F)F. The van der Waals surface area contributed by atoms with Crippen LogP contribution in [0.2, 0.25) is 0 Å². The maximum Gasteiger partial charge on any atom is 0.425 e. The predicted octanol–water partition coefficient (Wildman–Crippen LogP) is 3.34. The Bertz CT molecular complexity index is 537. The van der Waals surface area contributed by atoms with E-state index < -0.39 is 17.7 Å². The summed E-state index contributed by atoms with van der Waals surface area (Å²) in [5, 5.41) is 6.03. The number of carbonyl (C=O) groups is 1. The minimum atomic E-state index is -4.41. The van der Waals surface area contributed by atoms with Crippen LogP contribution in [0.3, 0.4) is 0 Å². The Morgan fingerprint density at radius 2 is 1.83 bits per heavy atom. The lowest BCUT2D eigenvalue weighted by atomic mass is 9.80. The van der Waals surface area contributed by atoms with Crippen LogP contribution in [0.25, 0.3) is 0 Å². The first-order valence-electron chi connectivity index (χ1n) is 7.56. The van der Waals surface area contributed by atoms with Gasteiger partial charge in [0.15, 0.2) is 6.10 Å². The fourth-order valence-electron chi connectivity index (χ4n) is 2.38. The minimum absolute atomic E-state index is 0.0728. The maximum absolute atomic E-state index is 12.4. The van der Waals surface area contributed by atoms with E-state index in [-0.39, 0.29) is 11.7 Å². The molecule has 2 N–H and O–H groups in total. The van der Waals surface area contributed by atoms with E-state index in [0.717, 1.165) is 32.9 Å². The van der Waals surface area contributed by atoms with E-state index in [9.17, 15) is 18.0 Å². The van der Waals surface area contributed by atoms with E-state index >= 15 is 0 Å². The molecule has 1 unspecified atom stereocenters. The number of hydrogen-bond acceptors (Lipinski definition) is 3. The number of anilines is 1. The first kappa shape index (κ1) is 17.6.